The molecule has 3 atom stereocenters. The van der Waals surface area contributed by atoms with E-state index >= 15 is 0 Å². The minimum atomic E-state index is 0.126. The van der Waals surface area contributed by atoms with Crippen LogP contribution in [0.3, 0.4) is 0 Å². The number of hydrogen-bond acceptors (Lipinski definition) is 3. The molecular weight excluding hydrogens is 228 g/mol. The third-order valence-electron chi connectivity index (χ3n) is 3.99. The molecule has 1 saturated carbocycles. The third kappa shape index (κ3) is 2.09. The van der Waals surface area contributed by atoms with Gasteiger partial charge in [-0.05, 0) is 43.4 Å². The Kier molecular flexibility index (Phi) is 3.60. The molecule has 0 saturated heterocycles. The summed E-state index contributed by atoms with van der Waals surface area (Å²) in [5, 5.41) is 0. The normalized spacial score (nSPS) is 26.3. The van der Waals surface area contributed by atoms with Crippen molar-refractivity contribution >= 4 is 5.78 Å². The van der Waals surface area contributed by atoms with Crippen molar-refractivity contribution in [2.75, 3.05) is 14.2 Å². The number of benzene rings is 1. The van der Waals surface area contributed by atoms with Gasteiger partial charge < -0.3 is 9.47 Å². The van der Waals surface area contributed by atoms with Crippen molar-refractivity contribution in [2.24, 2.45) is 11.8 Å². The number of methoxy groups -OCH3 is 2. The summed E-state index contributed by atoms with van der Waals surface area (Å²) in [7, 11) is 3.32. The van der Waals surface area contributed by atoms with Gasteiger partial charge in [0.2, 0.25) is 0 Å². The lowest BCUT2D eigenvalue weighted by Gasteiger charge is -2.42. The first-order valence-corrected chi connectivity index (χ1v) is 6.30. The molecule has 0 aromatic heterocycles. The van der Waals surface area contributed by atoms with E-state index in [9.17, 15) is 4.79 Å². The van der Waals surface area contributed by atoms with Crippen LogP contribution in [-0.2, 0) is 4.79 Å². The zero-order chi connectivity index (χ0) is 13.3. The number of ketones is 1. The van der Waals surface area contributed by atoms with E-state index in [1.807, 2.05) is 18.2 Å². The maximum atomic E-state index is 11.6. The first-order valence-electron chi connectivity index (χ1n) is 6.30. The first-order chi connectivity index (χ1) is 8.58. The van der Waals surface area contributed by atoms with Crippen LogP contribution < -0.4 is 9.47 Å². The van der Waals surface area contributed by atoms with Crippen molar-refractivity contribution in [1.82, 2.24) is 0 Å². The molecule has 0 radical (unpaired) electrons. The lowest BCUT2D eigenvalue weighted by Crippen LogP contribution is -2.37. The minimum absolute atomic E-state index is 0.126. The highest BCUT2D eigenvalue weighted by molar-refractivity contribution is 5.81. The number of ether oxygens (including phenoxy) is 2. The summed E-state index contributed by atoms with van der Waals surface area (Å²) in [5.74, 6) is 2.82. The molecule has 0 N–H and O–H groups in total. The molecular formula is C15H20O3. The summed E-state index contributed by atoms with van der Waals surface area (Å²) in [4.78, 5) is 11.6. The van der Waals surface area contributed by atoms with Crippen molar-refractivity contribution in [1.29, 1.82) is 0 Å². The van der Waals surface area contributed by atoms with Gasteiger partial charge in [-0.1, -0.05) is 6.92 Å². The van der Waals surface area contributed by atoms with Gasteiger partial charge in [0.05, 0.1) is 14.2 Å². The van der Waals surface area contributed by atoms with E-state index in [4.69, 9.17) is 9.47 Å². The smallest absolute Gasteiger partial charge is 0.133 e. The molecule has 2 rings (SSSR count). The topological polar surface area (TPSA) is 35.5 Å². The number of rotatable bonds is 4. The van der Waals surface area contributed by atoms with Crippen LogP contribution in [0.1, 0.15) is 31.7 Å². The van der Waals surface area contributed by atoms with Crippen LogP contribution in [0.2, 0.25) is 0 Å². The molecule has 1 aromatic carbocycles. The Morgan fingerprint density at radius 3 is 2.50 bits per heavy atom. The zero-order valence-corrected chi connectivity index (χ0v) is 11.4. The molecule has 0 unspecified atom stereocenters. The molecule has 1 aromatic rings. The zero-order valence-electron chi connectivity index (χ0n) is 11.4. The van der Waals surface area contributed by atoms with Crippen molar-refractivity contribution in [3.05, 3.63) is 23.8 Å². The van der Waals surface area contributed by atoms with Crippen LogP contribution in [0, 0.1) is 11.8 Å². The SMILES string of the molecule is COc1ccc(OC)c([C@@H]2[C@@H](C)C[C@H]2C(C)=O)c1. The fourth-order valence-electron chi connectivity index (χ4n) is 2.94. The summed E-state index contributed by atoms with van der Waals surface area (Å²) in [6, 6.07) is 5.79. The van der Waals surface area contributed by atoms with Crippen LogP contribution in [0.15, 0.2) is 18.2 Å². The Labute approximate surface area is 108 Å². The van der Waals surface area contributed by atoms with E-state index < -0.39 is 0 Å². The molecule has 3 heteroatoms. The van der Waals surface area contributed by atoms with E-state index in [2.05, 4.69) is 6.92 Å². The molecule has 0 spiro atoms. The monoisotopic (exact) mass is 248 g/mol. The second kappa shape index (κ2) is 5.01. The predicted octanol–water partition coefficient (Wildman–Crippen LogP) is 3.03. The summed E-state index contributed by atoms with van der Waals surface area (Å²) in [6.45, 7) is 3.86. The Bertz CT molecular complexity index is 453. The number of hydrogen-bond donors (Lipinski definition) is 0. The fourth-order valence-corrected chi connectivity index (χ4v) is 2.94. The van der Waals surface area contributed by atoms with Crippen LogP contribution >= 0.6 is 0 Å². The molecule has 1 aliphatic rings. The minimum Gasteiger partial charge on any atom is -0.497 e. The van der Waals surface area contributed by atoms with E-state index in [-0.39, 0.29) is 17.6 Å². The Morgan fingerprint density at radius 1 is 1.28 bits per heavy atom. The van der Waals surface area contributed by atoms with Gasteiger partial charge in [-0.15, -0.1) is 0 Å². The molecule has 1 fully saturated rings. The summed E-state index contributed by atoms with van der Waals surface area (Å²) in [5.41, 5.74) is 1.09. The van der Waals surface area contributed by atoms with E-state index in [1.54, 1.807) is 21.1 Å². The lowest BCUT2D eigenvalue weighted by molar-refractivity contribution is -0.125. The number of Topliss-reactive ketones (excluding diaryl/α,β-unsaturated/α-hetero) is 1. The molecule has 18 heavy (non-hydrogen) atoms. The van der Waals surface area contributed by atoms with Crippen LogP contribution in [0.4, 0.5) is 0 Å². The van der Waals surface area contributed by atoms with Gasteiger partial charge in [0.25, 0.3) is 0 Å². The van der Waals surface area contributed by atoms with Gasteiger partial charge >= 0.3 is 0 Å². The maximum Gasteiger partial charge on any atom is 0.133 e. The van der Waals surface area contributed by atoms with Gasteiger partial charge in [-0.3, -0.25) is 4.79 Å². The fraction of sp³-hybridized carbons (Fsp3) is 0.533. The maximum absolute atomic E-state index is 11.6. The van der Waals surface area contributed by atoms with Crippen LogP contribution in [-0.4, -0.2) is 20.0 Å². The van der Waals surface area contributed by atoms with Crippen LogP contribution in [0.5, 0.6) is 11.5 Å². The number of carbonyl (C=O) groups excluding carboxylic acids is 1. The third-order valence-corrected chi connectivity index (χ3v) is 3.99. The van der Waals surface area contributed by atoms with Gasteiger partial charge in [0, 0.05) is 11.5 Å². The van der Waals surface area contributed by atoms with Crippen molar-refractivity contribution in [2.45, 2.75) is 26.2 Å². The second-order valence-corrected chi connectivity index (χ2v) is 5.06. The lowest BCUT2D eigenvalue weighted by atomic mass is 9.61. The number of carbonyl (C=O) groups is 1. The van der Waals surface area contributed by atoms with Gasteiger partial charge in [0.1, 0.15) is 17.3 Å². The first kappa shape index (κ1) is 12.9. The largest absolute Gasteiger partial charge is 0.497 e. The Hall–Kier alpha value is -1.51. The average Bonchev–Trinajstić information content (AvgIpc) is 2.35. The molecule has 0 heterocycles. The molecule has 0 aliphatic heterocycles. The van der Waals surface area contributed by atoms with Gasteiger partial charge in [-0.25, -0.2) is 0 Å². The predicted molar refractivity (Wildman–Crippen MR) is 70.2 cm³/mol. The average molecular weight is 248 g/mol. The summed E-state index contributed by atoms with van der Waals surface area (Å²) < 4.78 is 10.7. The van der Waals surface area contributed by atoms with Crippen molar-refractivity contribution in [3.8, 4) is 11.5 Å². The Balaban J connectivity index is 2.38. The summed E-state index contributed by atoms with van der Waals surface area (Å²) in [6.07, 6.45) is 0.973. The van der Waals surface area contributed by atoms with E-state index in [0.29, 0.717) is 5.92 Å². The van der Waals surface area contributed by atoms with Crippen LogP contribution in [0.25, 0.3) is 0 Å². The molecule has 3 nitrogen and oxygen atoms in total. The van der Waals surface area contributed by atoms with Crippen molar-refractivity contribution in [3.63, 3.8) is 0 Å². The Morgan fingerprint density at radius 2 is 2.00 bits per heavy atom. The van der Waals surface area contributed by atoms with Gasteiger partial charge in [0.15, 0.2) is 0 Å². The van der Waals surface area contributed by atoms with Crippen molar-refractivity contribution < 1.29 is 14.3 Å². The second-order valence-electron chi connectivity index (χ2n) is 5.06. The molecule has 1 aliphatic carbocycles. The standard InChI is InChI=1S/C15H20O3/c1-9-7-12(10(2)16)15(9)13-8-11(17-3)5-6-14(13)18-4/h5-6,8-9,12,15H,7H2,1-4H3/t9-,12-,15+/m0/s1. The summed E-state index contributed by atoms with van der Waals surface area (Å²) >= 11 is 0. The molecule has 0 bridgehead atoms. The quantitative estimate of drug-likeness (QED) is 0.821. The van der Waals surface area contributed by atoms with Gasteiger partial charge in [-0.2, -0.15) is 0 Å². The van der Waals surface area contributed by atoms with E-state index in [1.165, 1.54) is 0 Å². The molecule has 98 valence electrons. The highest BCUT2D eigenvalue weighted by Gasteiger charge is 2.43. The highest BCUT2D eigenvalue weighted by atomic mass is 16.5. The highest BCUT2D eigenvalue weighted by Crippen LogP contribution is 2.51. The van der Waals surface area contributed by atoms with E-state index in [0.717, 1.165) is 23.5 Å². The molecule has 0 amide bonds.